The first kappa shape index (κ1) is 17.5. The number of hydrogen-bond acceptors (Lipinski definition) is 3. The number of piperidine rings is 1. The normalized spacial score (nSPS) is 14.4. The van der Waals surface area contributed by atoms with E-state index >= 15 is 0 Å². The molecule has 0 atom stereocenters. The summed E-state index contributed by atoms with van der Waals surface area (Å²) in [6.45, 7) is 6.32. The summed E-state index contributed by atoms with van der Waals surface area (Å²) in [6, 6.07) is 8.19. The van der Waals surface area contributed by atoms with Crippen molar-refractivity contribution < 1.29 is 4.79 Å². The van der Waals surface area contributed by atoms with E-state index in [1.165, 1.54) is 30.4 Å². The minimum atomic E-state index is -0.0815. The van der Waals surface area contributed by atoms with Crippen LogP contribution in [-0.4, -0.2) is 24.0 Å². The first-order valence-corrected chi connectivity index (χ1v) is 9.35. The van der Waals surface area contributed by atoms with E-state index < -0.39 is 0 Å². The molecule has 2 heterocycles. The quantitative estimate of drug-likeness (QED) is 0.877. The van der Waals surface area contributed by atoms with Crippen LogP contribution in [-0.2, 0) is 12.8 Å². The molecule has 3 rings (SSSR count). The maximum Gasteiger partial charge on any atom is 0.257 e. The number of nitrogens with one attached hydrogen (secondary N) is 1. The minimum Gasteiger partial charge on any atom is -0.370 e. The summed E-state index contributed by atoms with van der Waals surface area (Å²) in [6.07, 6.45) is 9.02. The molecule has 1 saturated heterocycles. The van der Waals surface area contributed by atoms with Crippen LogP contribution in [0.3, 0.4) is 0 Å². The Hall–Kier alpha value is -2.36. The molecule has 0 radical (unpaired) electrons. The molecular formula is C21H27N3O. The average molecular weight is 337 g/mol. The number of amides is 1. The van der Waals surface area contributed by atoms with Gasteiger partial charge in [-0.3, -0.25) is 9.78 Å². The summed E-state index contributed by atoms with van der Waals surface area (Å²) in [4.78, 5) is 19.4. The standard InChI is InChI=1S/C21H27N3O/c1-3-16-9-8-10-17(4-2)20(16)23-21(25)18-13-19(15-22-14-18)24-11-6-5-7-12-24/h8-10,13-15H,3-7,11-12H2,1-2H3,(H,23,25). The lowest BCUT2D eigenvalue weighted by atomic mass is 10.0. The molecule has 1 aliphatic heterocycles. The molecule has 0 saturated carbocycles. The number of hydrogen-bond donors (Lipinski definition) is 1. The van der Waals surface area contributed by atoms with Gasteiger partial charge >= 0.3 is 0 Å². The summed E-state index contributed by atoms with van der Waals surface area (Å²) < 4.78 is 0. The van der Waals surface area contributed by atoms with Crippen LogP contribution in [0.25, 0.3) is 0 Å². The Morgan fingerprint density at radius 1 is 1.08 bits per heavy atom. The zero-order chi connectivity index (χ0) is 17.6. The Bertz CT molecular complexity index is 713. The first-order valence-electron chi connectivity index (χ1n) is 9.35. The predicted octanol–water partition coefficient (Wildman–Crippen LogP) is 4.45. The summed E-state index contributed by atoms with van der Waals surface area (Å²) in [7, 11) is 0. The number of rotatable bonds is 5. The third-order valence-electron chi connectivity index (χ3n) is 4.94. The van der Waals surface area contributed by atoms with Gasteiger partial charge < -0.3 is 10.2 Å². The van der Waals surface area contributed by atoms with Crippen molar-refractivity contribution in [3.8, 4) is 0 Å². The van der Waals surface area contributed by atoms with Gasteiger partial charge in [0, 0.05) is 25.0 Å². The van der Waals surface area contributed by atoms with Crippen molar-refractivity contribution in [1.82, 2.24) is 4.98 Å². The molecule has 4 heteroatoms. The van der Waals surface area contributed by atoms with E-state index in [1.54, 1.807) is 6.20 Å². The Kier molecular flexibility index (Phi) is 5.69. The second-order valence-electron chi connectivity index (χ2n) is 6.59. The van der Waals surface area contributed by atoms with Crippen molar-refractivity contribution >= 4 is 17.3 Å². The van der Waals surface area contributed by atoms with Gasteiger partial charge in [0.25, 0.3) is 5.91 Å². The molecule has 1 aliphatic rings. The highest BCUT2D eigenvalue weighted by Crippen LogP contribution is 2.24. The molecule has 1 aromatic carbocycles. The lowest BCUT2D eigenvalue weighted by molar-refractivity contribution is 0.102. The van der Waals surface area contributed by atoms with E-state index in [9.17, 15) is 4.79 Å². The topological polar surface area (TPSA) is 45.2 Å². The van der Waals surface area contributed by atoms with Gasteiger partial charge in [-0.2, -0.15) is 0 Å². The van der Waals surface area contributed by atoms with Crippen LogP contribution in [0.1, 0.15) is 54.6 Å². The van der Waals surface area contributed by atoms with E-state index in [2.05, 4.69) is 47.2 Å². The Morgan fingerprint density at radius 2 is 1.76 bits per heavy atom. The molecule has 1 N–H and O–H groups in total. The van der Waals surface area contributed by atoms with E-state index in [-0.39, 0.29) is 5.91 Å². The number of aromatic nitrogens is 1. The van der Waals surface area contributed by atoms with Crippen molar-refractivity contribution in [3.05, 3.63) is 53.3 Å². The lowest BCUT2D eigenvalue weighted by Crippen LogP contribution is -2.29. The number of benzene rings is 1. The monoisotopic (exact) mass is 337 g/mol. The zero-order valence-electron chi connectivity index (χ0n) is 15.2. The summed E-state index contributed by atoms with van der Waals surface area (Å²) in [5.41, 5.74) is 4.98. The Balaban J connectivity index is 1.82. The van der Waals surface area contributed by atoms with Gasteiger partial charge in [-0.1, -0.05) is 32.0 Å². The van der Waals surface area contributed by atoms with Crippen LogP contribution in [0.5, 0.6) is 0 Å². The largest absolute Gasteiger partial charge is 0.370 e. The van der Waals surface area contributed by atoms with Gasteiger partial charge in [-0.05, 0) is 49.3 Å². The molecular weight excluding hydrogens is 310 g/mol. The molecule has 0 bridgehead atoms. The molecule has 4 nitrogen and oxygen atoms in total. The van der Waals surface area contributed by atoms with Crippen molar-refractivity contribution in [2.24, 2.45) is 0 Å². The third kappa shape index (κ3) is 4.01. The maximum atomic E-state index is 12.8. The van der Waals surface area contributed by atoms with Crippen molar-refractivity contribution in [2.75, 3.05) is 23.3 Å². The molecule has 25 heavy (non-hydrogen) atoms. The van der Waals surface area contributed by atoms with Crippen LogP contribution in [0.2, 0.25) is 0 Å². The Morgan fingerprint density at radius 3 is 2.40 bits per heavy atom. The number of carbonyl (C=O) groups is 1. The van der Waals surface area contributed by atoms with Crippen molar-refractivity contribution in [3.63, 3.8) is 0 Å². The summed E-state index contributed by atoms with van der Waals surface area (Å²) >= 11 is 0. The number of anilines is 2. The Labute approximate surface area is 150 Å². The highest BCUT2D eigenvalue weighted by molar-refractivity contribution is 6.05. The summed E-state index contributed by atoms with van der Waals surface area (Å²) in [5.74, 6) is -0.0815. The van der Waals surface area contributed by atoms with Crippen LogP contribution >= 0.6 is 0 Å². The lowest BCUT2D eigenvalue weighted by Gasteiger charge is -2.28. The van der Waals surface area contributed by atoms with Gasteiger partial charge in [0.05, 0.1) is 17.4 Å². The minimum absolute atomic E-state index is 0.0815. The van der Waals surface area contributed by atoms with E-state index in [0.29, 0.717) is 5.56 Å². The molecule has 0 spiro atoms. The molecule has 1 fully saturated rings. The van der Waals surface area contributed by atoms with E-state index in [1.807, 2.05) is 12.3 Å². The highest BCUT2D eigenvalue weighted by atomic mass is 16.1. The van der Waals surface area contributed by atoms with Crippen LogP contribution in [0.15, 0.2) is 36.7 Å². The molecule has 0 unspecified atom stereocenters. The fourth-order valence-corrected chi connectivity index (χ4v) is 3.47. The number of carbonyl (C=O) groups excluding carboxylic acids is 1. The van der Waals surface area contributed by atoms with Crippen LogP contribution < -0.4 is 10.2 Å². The number of nitrogens with zero attached hydrogens (tertiary/aromatic N) is 2. The fraction of sp³-hybridized carbons (Fsp3) is 0.429. The summed E-state index contributed by atoms with van der Waals surface area (Å²) in [5, 5.41) is 3.13. The third-order valence-corrected chi connectivity index (χ3v) is 4.94. The van der Waals surface area contributed by atoms with Crippen LogP contribution in [0.4, 0.5) is 11.4 Å². The molecule has 1 aromatic heterocycles. The first-order chi connectivity index (χ1) is 12.2. The van der Waals surface area contributed by atoms with Gasteiger partial charge in [0.2, 0.25) is 0 Å². The second kappa shape index (κ2) is 8.15. The smallest absolute Gasteiger partial charge is 0.257 e. The molecule has 1 amide bonds. The number of aryl methyl sites for hydroxylation is 2. The van der Waals surface area contributed by atoms with Gasteiger partial charge in [-0.15, -0.1) is 0 Å². The molecule has 2 aromatic rings. The zero-order valence-corrected chi connectivity index (χ0v) is 15.2. The van der Waals surface area contributed by atoms with E-state index in [0.717, 1.165) is 37.3 Å². The van der Waals surface area contributed by atoms with Crippen molar-refractivity contribution in [1.29, 1.82) is 0 Å². The maximum absolute atomic E-state index is 12.8. The van der Waals surface area contributed by atoms with E-state index in [4.69, 9.17) is 0 Å². The number of pyridine rings is 1. The highest BCUT2D eigenvalue weighted by Gasteiger charge is 2.15. The average Bonchev–Trinajstić information content (AvgIpc) is 2.69. The SMILES string of the molecule is CCc1cccc(CC)c1NC(=O)c1cncc(N2CCCCC2)c1. The number of para-hydroxylation sites is 1. The second-order valence-corrected chi connectivity index (χ2v) is 6.59. The predicted molar refractivity (Wildman–Crippen MR) is 103 cm³/mol. The van der Waals surface area contributed by atoms with Gasteiger partial charge in [0.15, 0.2) is 0 Å². The van der Waals surface area contributed by atoms with Gasteiger partial charge in [0.1, 0.15) is 0 Å². The fourth-order valence-electron chi connectivity index (χ4n) is 3.47. The molecule has 132 valence electrons. The van der Waals surface area contributed by atoms with Crippen molar-refractivity contribution in [2.45, 2.75) is 46.0 Å². The van der Waals surface area contributed by atoms with Gasteiger partial charge in [-0.25, -0.2) is 0 Å². The van der Waals surface area contributed by atoms with Crippen LogP contribution in [0, 0.1) is 0 Å². The molecule has 0 aliphatic carbocycles.